The average molecular weight is 233 g/mol. The van der Waals surface area contributed by atoms with Gasteiger partial charge in [-0.1, -0.05) is 0 Å². The van der Waals surface area contributed by atoms with Crippen LogP contribution in [-0.2, 0) is 0 Å². The molecule has 0 saturated heterocycles. The highest BCUT2D eigenvalue weighted by Crippen LogP contribution is 2.29. The molecule has 6 nitrogen and oxygen atoms in total. The fourth-order valence-corrected chi connectivity index (χ4v) is 2.52. The second kappa shape index (κ2) is 3.17. The Morgan fingerprint density at radius 3 is 3.06 bits per heavy atom. The predicted octanol–water partition coefficient (Wildman–Crippen LogP) is 0.885. The summed E-state index contributed by atoms with van der Waals surface area (Å²) in [5, 5.41) is 10.7. The molecule has 0 radical (unpaired) electrons. The van der Waals surface area contributed by atoms with Gasteiger partial charge in [-0.2, -0.15) is 10.2 Å². The van der Waals surface area contributed by atoms with Gasteiger partial charge in [0.15, 0.2) is 0 Å². The summed E-state index contributed by atoms with van der Waals surface area (Å²) in [5.41, 5.74) is 6.66. The Balaban J connectivity index is 2.20. The Hall–Kier alpha value is -2.15. The SMILES string of the molecule is NC(=O)c1cnn2cc(-c3cn[nH]c3)sc12. The number of amides is 1. The van der Waals surface area contributed by atoms with Crippen LogP contribution in [0.15, 0.2) is 24.8 Å². The molecule has 7 heteroatoms. The molecular formula is C9H7N5OS. The Bertz CT molecular complexity index is 651. The van der Waals surface area contributed by atoms with E-state index in [-0.39, 0.29) is 0 Å². The molecule has 3 rings (SSSR count). The Morgan fingerprint density at radius 1 is 1.50 bits per heavy atom. The lowest BCUT2D eigenvalue weighted by atomic mass is 10.3. The number of hydrogen-bond donors (Lipinski definition) is 2. The maximum Gasteiger partial charge on any atom is 0.253 e. The van der Waals surface area contributed by atoms with Gasteiger partial charge in [0.05, 0.1) is 22.8 Å². The van der Waals surface area contributed by atoms with Crippen molar-refractivity contribution in [1.29, 1.82) is 0 Å². The van der Waals surface area contributed by atoms with E-state index in [0.29, 0.717) is 5.56 Å². The molecule has 3 heterocycles. The van der Waals surface area contributed by atoms with Crippen LogP contribution in [0.5, 0.6) is 0 Å². The van der Waals surface area contributed by atoms with Crippen LogP contribution in [0.25, 0.3) is 15.3 Å². The van der Waals surface area contributed by atoms with Crippen LogP contribution >= 0.6 is 11.3 Å². The molecule has 3 N–H and O–H groups in total. The molecule has 0 atom stereocenters. The highest BCUT2D eigenvalue weighted by atomic mass is 32.1. The van der Waals surface area contributed by atoms with Gasteiger partial charge in [0.25, 0.3) is 5.91 Å². The van der Waals surface area contributed by atoms with Crippen molar-refractivity contribution in [2.75, 3.05) is 0 Å². The summed E-state index contributed by atoms with van der Waals surface area (Å²) in [6.07, 6.45) is 6.83. The van der Waals surface area contributed by atoms with Gasteiger partial charge in [-0.3, -0.25) is 9.89 Å². The summed E-state index contributed by atoms with van der Waals surface area (Å²) in [7, 11) is 0. The molecule has 1 amide bonds. The summed E-state index contributed by atoms with van der Waals surface area (Å²) in [6.45, 7) is 0. The highest BCUT2D eigenvalue weighted by Gasteiger charge is 2.13. The molecule has 16 heavy (non-hydrogen) atoms. The molecule has 0 bridgehead atoms. The quantitative estimate of drug-likeness (QED) is 0.688. The minimum atomic E-state index is -0.462. The van der Waals surface area contributed by atoms with Crippen molar-refractivity contribution >= 4 is 22.1 Å². The van der Waals surface area contributed by atoms with Crippen LogP contribution in [0.1, 0.15) is 10.4 Å². The molecule has 80 valence electrons. The monoisotopic (exact) mass is 233 g/mol. The number of nitrogens with one attached hydrogen (secondary N) is 1. The molecule has 3 aromatic heterocycles. The van der Waals surface area contributed by atoms with Gasteiger partial charge >= 0.3 is 0 Å². The maximum atomic E-state index is 11.1. The first-order chi connectivity index (χ1) is 7.75. The van der Waals surface area contributed by atoms with Crippen molar-refractivity contribution in [3.05, 3.63) is 30.4 Å². The standard InChI is InChI=1S/C9H7N5OS/c10-8(15)6-3-13-14-4-7(16-9(6)14)5-1-11-12-2-5/h1-4H,(H2,10,15)(H,11,12). The third kappa shape index (κ3) is 1.22. The van der Waals surface area contributed by atoms with Crippen molar-refractivity contribution in [2.24, 2.45) is 5.73 Å². The number of primary amides is 1. The smallest absolute Gasteiger partial charge is 0.253 e. The van der Waals surface area contributed by atoms with Gasteiger partial charge in [0.1, 0.15) is 4.83 Å². The first-order valence-electron chi connectivity index (χ1n) is 4.52. The van der Waals surface area contributed by atoms with Crippen molar-refractivity contribution in [2.45, 2.75) is 0 Å². The lowest BCUT2D eigenvalue weighted by Crippen LogP contribution is -2.09. The fraction of sp³-hybridized carbons (Fsp3) is 0. The number of hydrogen-bond acceptors (Lipinski definition) is 4. The second-order valence-corrected chi connectivity index (χ2v) is 4.29. The lowest BCUT2D eigenvalue weighted by molar-refractivity contribution is 0.100. The number of carbonyl (C=O) groups is 1. The lowest BCUT2D eigenvalue weighted by Gasteiger charge is -1.86. The summed E-state index contributed by atoms with van der Waals surface area (Å²) >= 11 is 1.46. The first kappa shape index (κ1) is 9.10. The van der Waals surface area contributed by atoms with E-state index in [2.05, 4.69) is 15.3 Å². The van der Waals surface area contributed by atoms with Crippen molar-refractivity contribution in [3.63, 3.8) is 0 Å². The van der Waals surface area contributed by atoms with Gasteiger partial charge in [0, 0.05) is 18.0 Å². The van der Waals surface area contributed by atoms with Gasteiger partial charge in [-0.05, 0) is 0 Å². The minimum Gasteiger partial charge on any atom is -0.365 e. The van der Waals surface area contributed by atoms with Crippen LogP contribution in [-0.4, -0.2) is 25.7 Å². The zero-order valence-corrected chi connectivity index (χ0v) is 8.86. The fourth-order valence-electron chi connectivity index (χ4n) is 1.47. The van der Waals surface area contributed by atoms with E-state index in [1.165, 1.54) is 17.5 Å². The number of aromatic nitrogens is 4. The Labute approximate surface area is 93.7 Å². The normalized spacial score (nSPS) is 11.0. The van der Waals surface area contributed by atoms with Gasteiger partial charge in [0.2, 0.25) is 0 Å². The van der Waals surface area contributed by atoms with Crippen LogP contribution in [0, 0.1) is 0 Å². The van der Waals surface area contributed by atoms with E-state index in [1.54, 1.807) is 16.9 Å². The zero-order valence-electron chi connectivity index (χ0n) is 8.04. The number of carbonyl (C=O) groups excluding carboxylic acids is 1. The molecule has 0 aliphatic heterocycles. The summed E-state index contributed by atoms with van der Waals surface area (Å²) < 4.78 is 1.65. The largest absolute Gasteiger partial charge is 0.365 e. The number of aromatic amines is 1. The number of rotatable bonds is 2. The zero-order chi connectivity index (χ0) is 11.1. The minimum absolute atomic E-state index is 0.444. The van der Waals surface area contributed by atoms with E-state index < -0.39 is 5.91 Å². The van der Waals surface area contributed by atoms with Crippen LogP contribution in [0.4, 0.5) is 0 Å². The Kier molecular flexibility index (Phi) is 1.80. The predicted molar refractivity (Wildman–Crippen MR) is 59.2 cm³/mol. The molecule has 0 aliphatic rings. The van der Waals surface area contributed by atoms with Crippen LogP contribution < -0.4 is 5.73 Å². The van der Waals surface area contributed by atoms with E-state index in [0.717, 1.165) is 15.3 Å². The molecule has 3 aromatic rings. The molecular weight excluding hydrogens is 226 g/mol. The van der Waals surface area contributed by atoms with Crippen molar-refractivity contribution in [1.82, 2.24) is 19.8 Å². The molecule has 0 fully saturated rings. The number of fused-ring (bicyclic) bond motifs is 1. The molecule has 0 aromatic carbocycles. The number of nitrogens with two attached hydrogens (primary N) is 1. The number of H-pyrrole nitrogens is 1. The molecule has 0 spiro atoms. The summed E-state index contributed by atoms with van der Waals surface area (Å²) in [4.78, 5) is 12.9. The van der Waals surface area contributed by atoms with Crippen molar-refractivity contribution < 1.29 is 4.79 Å². The van der Waals surface area contributed by atoms with E-state index in [9.17, 15) is 4.79 Å². The van der Waals surface area contributed by atoms with E-state index in [4.69, 9.17) is 5.73 Å². The highest BCUT2D eigenvalue weighted by molar-refractivity contribution is 7.21. The Morgan fingerprint density at radius 2 is 2.38 bits per heavy atom. The van der Waals surface area contributed by atoms with Crippen molar-refractivity contribution in [3.8, 4) is 10.4 Å². The molecule has 0 unspecified atom stereocenters. The average Bonchev–Trinajstić information content (AvgIpc) is 2.92. The summed E-state index contributed by atoms with van der Waals surface area (Å²) in [6, 6.07) is 0. The second-order valence-electron chi connectivity index (χ2n) is 3.25. The van der Waals surface area contributed by atoms with Crippen LogP contribution in [0.3, 0.4) is 0 Å². The van der Waals surface area contributed by atoms with Gasteiger partial charge in [-0.15, -0.1) is 11.3 Å². The van der Waals surface area contributed by atoms with Crippen LogP contribution in [0.2, 0.25) is 0 Å². The molecule has 0 aliphatic carbocycles. The molecule has 0 saturated carbocycles. The number of nitrogens with zero attached hydrogens (tertiary/aromatic N) is 3. The number of thiazole rings is 1. The van der Waals surface area contributed by atoms with E-state index >= 15 is 0 Å². The third-order valence-electron chi connectivity index (χ3n) is 2.24. The van der Waals surface area contributed by atoms with Gasteiger partial charge in [-0.25, -0.2) is 4.52 Å². The topological polar surface area (TPSA) is 89.1 Å². The summed E-state index contributed by atoms with van der Waals surface area (Å²) in [5.74, 6) is -0.462. The van der Waals surface area contributed by atoms with Gasteiger partial charge < -0.3 is 5.73 Å². The van der Waals surface area contributed by atoms with E-state index in [1.807, 2.05) is 6.20 Å². The maximum absolute atomic E-state index is 11.1. The third-order valence-corrected chi connectivity index (χ3v) is 3.41. The first-order valence-corrected chi connectivity index (χ1v) is 5.33.